The summed E-state index contributed by atoms with van der Waals surface area (Å²) >= 11 is 3.61. The quantitative estimate of drug-likeness (QED) is 0.305. The van der Waals surface area contributed by atoms with Gasteiger partial charge in [0, 0.05) is 26.8 Å². The zero-order valence-corrected chi connectivity index (χ0v) is 18.3. The number of carbonyl (C=O) groups is 1. The van der Waals surface area contributed by atoms with Gasteiger partial charge in [0.1, 0.15) is 0 Å². The predicted molar refractivity (Wildman–Crippen MR) is 132 cm³/mol. The summed E-state index contributed by atoms with van der Waals surface area (Å²) in [6, 6.07) is 38.3. The van der Waals surface area contributed by atoms with E-state index in [9.17, 15) is 4.79 Å². The smallest absolute Gasteiger partial charge is 0.195 e. The molecule has 148 valence electrons. The average Bonchev–Trinajstić information content (AvgIpc) is 3.13. The summed E-state index contributed by atoms with van der Waals surface area (Å²) < 4.78 is 0.984. The van der Waals surface area contributed by atoms with Crippen LogP contribution in [-0.4, -0.2) is 5.78 Å². The van der Waals surface area contributed by atoms with Gasteiger partial charge in [-0.1, -0.05) is 119 Å². The molecular formula is C29H19BrO. The number of benzene rings is 4. The monoisotopic (exact) mass is 462 g/mol. The van der Waals surface area contributed by atoms with Gasteiger partial charge in [0.25, 0.3) is 0 Å². The van der Waals surface area contributed by atoms with Crippen LogP contribution in [0.2, 0.25) is 0 Å². The van der Waals surface area contributed by atoms with Gasteiger partial charge in [0.15, 0.2) is 5.78 Å². The number of Topliss-reactive ketones (excluding diaryl/α,β-unsaturated/α-hetero) is 1. The van der Waals surface area contributed by atoms with Crippen molar-refractivity contribution >= 4 is 44.0 Å². The van der Waals surface area contributed by atoms with E-state index < -0.39 is 0 Å². The van der Waals surface area contributed by atoms with Gasteiger partial charge in [-0.3, -0.25) is 4.79 Å². The number of halogens is 1. The van der Waals surface area contributed by atoms with E-state index in [1.54, 1.807) is 0 Å². The molecule has 5 rings (SSSR count). The lowest BCUT2D eigenvalue weighted by atomic mass is 9.89. The van der Waals surface area contributed by atoms with Crippen molar-refractivity contribution in [1.82, 2.24) is 0 Å². The molecule has 0 fully saturated rings. The molecule has 0 aliphatic heterocycles. The Morgan fingerprint density at radius 1 is 0.419 bits per heavy atom. The Kier molecular flexibility index (Phi) is 5.23. The molecule has 1 nitrogen and oxygen atoms in total. The van der Waals surface area contributed by atoms with Gasteiger partial charge in [-0.2, -0.15) is 0 Å². The van der Waals surface area contributed by atoms with Crippen LogP contribution in [0.4, 0.5) is 0 Å². The van der Waals surface area contributed by atoms with Crippen LogP contribution in [0, 0.1) is 0 Å². The highest BCUT2D eigenvalue weighted by atomic mass is 79.9. The van der Waals surface area contributed by atoms with Crippen LogP contribution >= 0.6 is 15.9 Å². The maximum Gasteiger partial charge on any atom is 0.195 e. The molecule has 0 radical (unpaired) electrons. The fourth-order valence-corrected chi connectivity index (χ4v) is 4.59. The molecule has 0 spiro atoms. The van der Waals surface area contributed by atoms with E-state index in [1.807, 2.05) is 91.0 Å². The van der Waals surface area contributed by atoms with E-state index in [0.717, 1.165) is 49.0 Å². The van der Waals surface area contributed by atoms with Gasteiger partial charge in [-0.15, -0.1) is 0 Å². The highest BCUT2D eigenvalue weighted by molar-refractivity contribution is 9.10. The Labute approximate surface area is 190 Å². The highest BCUT2D eigenvalue weighted by Gasteiger charge is 2.35. The number of hydrogen-bond acceptors (Lipinski definition) is 1. The van der Waals surface area contributed by atoms with E-state index in [4.69, 9.17) is 0 Å². The number of hydrogen-bond donors (Lipinski definition) is 0. The second-order valence-electron chi connectivity index (χ2n) is 7.44. The molecule has 0 bridgehead atoms. The van der Waals surface area contributed by atoms with Crippen molar-refractivity contribution in [2.45, 2.75) is 0 Å². The summed E-state index contributed by atoms with van der Waals surface area (Å²) in [5, 5.41) is 0. The van der Waals surface area contributed by atoms with Gasteiger partial charge in [-0.05, 0) is 34.4 Å². The third-order valence-electron chi connectivity index (χ3n) is 5.50. The standard InChI is InChI=1S/C29H19BrO/c30-24-18-10-17-23(19-24)26-25(20-11-4-1-5-12-20)27(21-13-6-2-7-14-21)29(31)28(26)22-15-8-3-9-16-22/h1-19H. The molecule has 4 aromatic carbocycles. The SMILES string of the molecule is O=C1C(c2ccccc2)=C(c2ccccc2)C(c2cccc(Br)c2)=C1c1ccccc1. The fourth-order valence-electron chi connectivity index (χ4n) is 4.19. The lowest BCUT2D eigenvalue weighted by molar-refractivity contribution is -0.108. The molecule has 0 N–H and O–H groups in total. The minimum atomic E-state index is 0.0613. The van der Waals surface area contributed by atoms with Crippen molar-refractivity contribution < 1.29 is 4.79 Å². The number of rotatable bonds is 4. The topological polar surface area (TPSA) is 17.1 Å². The molecule has 4 aromatic rings. The molecule has 1 aliphatic carbocycles. The third-order valence-corrected chi connectivity index (χ3v) is 6.00. The lowest BCUT2D eigenvalue weighted by Gasteiger charge is -2.14. The fraction of sp³-hybridized carbons (Fsp3) is 0. The van der Waals surface area contributed by atoms with E-state index in [2.05, 4.69) is 40.2 Å². The first kappa shape index (κ1) is 19.5. The summed E-state index contributed by atoms with van der Waals surface area (Å²) in [7, 11) is 0. The van der Waals surface area contributed by atoms with Crippen LogP contribution in [0.15, 0.2) is 120 Å². The minimum Gasteiger partial charge on any atom is -0.289 e. The van der Waals surface area contributed by atoms with E-state index >= 15 is 0 Å². The summed E-state index contributed by atoms with van der Waals surface area (Å²) in [5.41, 5.74) is 7.38. The Morgan fingerprint density at radius 2 is 0.806 bits per heavy atom. The molecule has 0 amide bonds. The van der Waals surface area contributed by atoms with Crippen LogP contribution in [-0.2, 0) is 4.79 Å². The summed E-state index contributed by atoms with van der Waals surface area (Å²) in [6.45, 7) is 0. The molecule has 1 aliphatic rings. The maximum absolute atomic E-state index is 14.0. The zero-order chi connectivity index (χ0) is 21.2. The minimum absolute atomic E-state index is 0.0613. The molecule has 0 atom stereocenters. The second-order valence-corrected chi connectivity index (χ2v) is 8.35. The van der Waals surface area contributed by atoms with Crippen molar-refractivity contribution in [3.05, 3.63) is 142 Å². The molecule has 0 saturated carbocycles. The van der Waals surface area contributed by atoms with Crippen LogP contribution in [0.5, 0.6) is 0 Å². The van der Waals surface area contributed by atoms with E-state index in [0.29, 0.717) is 0 Å². The van der Waals surface area contributed by atoms with Crippen molar-refractivity contribution in [2.75, 3.05) is 0 Å². The molecule has 0 unspecified atom stereocenters. The van der Waals surface area contributed by atoms with Crippen LogP contribution in [0.25, 0.3) is 22.3 Å². The van der Waals surface area contributed by atoms with Crippen molar-refractivity contribution in [1.29, 1.82) is 0 Å². The normalized spacial score (nSPS) is 13.8. The molecule has 2 heteroatoms. The number of carbonyl (C=O) groups excluding carboxylic acids is 1. The first-order valence-corrected chi connectivity index (χ1v) is 11.0. The second kappa shape index (κ2) is 8.33. The first-order chi connectivity index (χ1) is 15.2. The van der Waals surface area contributed by atoms with Crippen LogP contribution in [0.3, 0.4) is 0 Å². The van der Waals surface area contributed by atoms with Gasteiger partial charge >= 0.3 is 0 Å². The van der Waals surface area contributed by atoms with Gasteiger partial charge in [0.05, 0.1) is 0 Å². The van der Waals surface area contributed by atoms with E-state index in [-0.39, 0.29) is 5.78 Å². The molecule has 31 heavy (non-hydrogen) atoms. The Bertz CT molecular complexity index is 1320. The predicted octanol–water partition coefficient (Wildman–Crippen LogP) is 7.55. The first-order valence-electron chi connectivity index (χ1n) is 10.2. The summed E-state index contributed by atoms with van der Waals surface area (Å²) in [5.74, 6) is 0.0613. The lowest BCUT2D eigenvalue weighted by Crippen LogP contribution is -2.01. The molecule has 0 heterocycles. The van der Waals surface area contributed by atoms with Gasteiger partial charge in [0.2, 0.25) is 0 Å². The molecular weight excluding hydrogens is 444 g/mol. The average molecular weight is 463 g/mol. The van der Waals surface area contributed by atoms with Crippen LogP contribution < -0.4 is 0 Å². The third kappa shape index (κ3) is 3.60. The van der Waals surface area contributed by atoms with E-state index in [1.165, 1.54) is 0 Å². The Hall–Kier alpha value is -3.49. The van der Waals surface area contributed by atoms with Gasteiger partial charge < -0.3 is 0 Å². The number of ketones is 1. The largest absolute Gasteiger partial charge is 0.289 e. The Balaban J connectivity index is 1.89. The maximum atomic E-state index is 14.0. The summed E-state index contributed by atoms with van der Waals surface area (Å²) in [6.07, 6.45) is 0. The molecule has 0 saturated heterocycles. The van der Waals surface area contributed by atoms with Gasteiger partial charge in [-0.25, -0.2) is 0 Å². The van der Waals surface area contributed by atoms with Crippen LogP contribution in [0.1, 0.15) is 22.3 Å². The molecule has 0 aromatic heterocycles. The Morgan fingerprint density at radius 3 is 1.26 bits per heavy atom. The summed E-state index contributed by atoms with van der Waals surface area (Å²) in [4.78, 5) is 14.0. The van der Waals surface area contributed by atoms with Crippen molar-refractivity contribution in [3.8, 4) is 0 Å². The van der Waals surface area contributed by atoms with Crippen molar-refractivity contribution in [3.63, 3.8) is 0 Å². The number of allylic oxidation sites excluding steroid dienone is 4. The van der Waals surface area contributed by atoms with Crippen molar-refractivity contribution in [2.24, 2.45) is 0 Å². The highest BCUT2D eigenvalue weighted by Crippen LogP contribution is 2.49. The zero-order valence-electron chi connectivity index (χ0n) is 16.8.